The van der Waals surface area contributed by atoms with Crippen LogP contribution in [-0.4, -0.2) is 30.4 Å². The van der Waals surface area contributed by atoms with Crippen molar-refractivity contribution in [1.29, 1.82) is 0 Å². The average molecular weight is 211 g/mol. The molecule has 0 radical (unpaired) electrons. The van der Waals surface area contributed by atoms with Gasteiger partial charge in [-0.1, -0.05) is 0 Å². The maximum atomic E-state index is 11.6. The predicted molar refractivity (Wildman–Crippen MR) is 54.9 cm³/mol. The zero-order valence-corrected chi connectivity index (χ0v) is 8.66. The van der Waals surface area contributed by atoms with Crippen LogP contribution in [0.2, 0.25) is 0 Å². The van der Waals surface area contributed by atoms with Gasteiger partial charge in [-0.15, -0.1) is 0 Å². The minimum absolute atomic E-state index is 0.0401. The zero-order valence-electron chi connectivity index (χ0n) is 8.66. The minimum Gasteiger partial charge on any atom is -0.353 e. The Bertz CT molecular complexity index is 276. The van der Waals surface area contributed by atoms with E-state index >= 15 is 0 Å². The summed E-state index contributed by atoms with van der Waals surface area (Å²) in [5.74, 6) is 0.446. The second kappa shape index (κ2) is 4.18. The molecule has 0 spiro atoms. The standard InChI is InChI=1S/C10H17N3O2/c11-7(6-1-2-6)5-12-10(15)8-3-4-9(14)13-8/h6-8H,1-5,11H2,(H,12,15)(H,13,14). The number of carbonyl (C=O) groups excluding carboxylic acids is 2. The van der Waals surface area contributed by atoms with Crippen LogP contribution in [-0.2, 0) is 9.59 Å². The lowest BCUT2D eigenvalue weighted by molar-refractivity contribution is -0.125. The Hall–Kier alpha value is -1.10. The Balaban J connectivity index is 1.69. The summed E-state index contributed by atoms with van der Waals surface area (Å²) in [6, 6.07) is -0.269. The normalized spacial score (nSPS) is 27.3. The Morgan fingerprint density at radius 3 is 2.80 bits per heavy atom. The molecule has 1 heterocycles. The van der Waals surface area contributed by atoms with Gasteiger partial charge >= 0.3 is 0 Å². The van der Waals surface area contributed by atoms with Crippen molar-refractivity contribution >= 4 is 11.8 Å². The molecule has 1 saturated carbocycles. The molecule has 15 heavy (non-hydrogen) atoms. The molecule has 2 amide bonds. The van der Waals surface area contributed by atoms with E-state index in [0.29, 0.717) is 25.3 Å². The van der Waals surface area contributed by atoms with Gasteiger partial charge in [-0.05, 0) is 25.2 Å². The van der Waals surface area contributed by atoms with Gasteiger partial charge < -0.3 is 16.4 Å². The molecule has 5 nitrogen and oxygen atoms in total. The summed E-state index contributed by atoms with van der Waals surface area (Å²) in [6.07, 6.45) is 3.41. The van der Waals surface area contributed by atoms with Crippen LogP contribution in [0.5, 0.6) is 0 Å². The van der Waals surface area contributed by atoms with Crippen LogP contribution >= 0.6 is 0 Å². The molecule has 0 aromatic heterocycles. The van der Waals surface area contributed by atoms with Gasteiger partial charge in [0.15, 0.2) is 0 Å². The molecule has 0 aromatic rings. The topological polar surface area (TPSA) is 84.2 Å². The highest BCUT2D eigenvalue weighted by Crippen LogP contribution is 2.31. The summed E-state index contributed by atoms with van der Waals surface area (Å²) in [6.45, 7) is 0.524. The molecule has 1 aliphatic heterocycles. The maximum Gasteiger partial charge on any atom is 0.242 e. The van der Waals surface area contributed by atoms with Gasteiger partial charge in [0.2, 0.25) is 11.8 Å². The molecule has 1 aliphatic carbocycles. The van der Waals surface area contributed by atoms with Gasteiger partial charge in [0.05, 0.1) is 0 Å². The van der Waals surface area contributed by atoms with E-state index in [1.807, 2.05) is 0 Å². The van der Waals surface area contributed by atoms with Crippen molar-refractivity contribution in [3.05, 3.63) is 0 Å². The minimum atomic E-state index is -0.344. The fraction of sp³-hybridized carbons (Fsp3) is 0.800. The molecule has 0 aromatic carbocycles. The molecule has 1 saturated heterocycles. The fourth-order valence-corrected chi connectivity index (χ4v) is 1.84. The molecule has 0 bridgehead atoms. The van der Waals surface area contributed by atoms with Crippen molar-refractivity contribution in [2.24, 2.45) is 11.7 Å². The highest BCUT2D eigenvalue weighted by Gasteiger charge is 2.30. The van der Waals surface area contributed by atoms with E-state index in [0.717, 1.165) is 0 Å². The second-order valence-corrected chi connectivity index (χ2v) is 4.41. The van der Waals surface area contributed by atoms with E-state index in [9.17, 15) is 9.59 Å². The molecule has 84 valence electrons. The largest absolute Gasteiger partial charge is 0.353 e. The maximum absolute atomic E-state index is 11.6. The molecule has 5 heteroatoms. The molecule has 2 rings (SSSR count). The van der Waals surface area contributed by atoms with Crippen molar-refractivity contribution in [1.82, 2.24) is 10.6 Å². The third-order valence-electron chi connectivity index (χ3n) is 3.05. The lowest BCUT2D eigenvalue weighted by Gasteiger charge is -2.14. The second-order valence-electron chi connectivity index (χ2n) is 4.41. The first-order chi connectivity index (χ1) is 7.16. The number of hydrogen-bond donors (Lipinski definition) is 3. The molecule has 2 fully saturated rings. The van der Waals surface area contributed by atoms with Crippen LogP contribution in [0.4, 0.5) is 0 Å². The highest BCUT2D eigenvalue weighted by atomic mass is 16.2. The van der Waals surface area contributed by atoms with Crippen LogP contribution < -0.4 is 16.4 Å². The zero-order chi connectivity index (χ0) is 10.8. The third-order valence-corrected chi connectivity index (χ3v) is 3.05. The van der Waals surface area contributed by atoms with Crippen LogP contribution in [0.25, 0.3) is 0 Å². The highest BCUT2D eigenvalue weighted by molar-refractivity contribution is 5.90. The van der Waals surface area contributed by atoms with E-state index < -0.39 is 0 Å². The van der Waals surface area contributed by atoms with Gasteiger partial charge in [0, 0.05) is 19.0 Å². The van der Waals surface area contributed by atoms with Gasteiger partial charge in [-0.3, -0.25) is 9.59 Å². The Kier molecular flexibility index (Phi) is 2.90. The lowest BCUT2D eigenvalue weighted by Crippen LogP contribution is -2.46. The fourth-order valence-electron chi connectivity index (χ4n) is 1.84. The van der Waals surface area contributed by atoms with Gasteiger partial charge in [-0.2, -0.15) is 0 Å². The number of hydrogen-bond acceptors (Lipinski definition) is 3. The van der Waals surface area contributed by atoms with E-state index in [1.54, 1.807) is 0 Å². The van der Waals surface area contributed by atoms with Crippen molar-refractivity contribution in [3.8, 4) is 0 Å². The number of rotatable bonds is 4. The first kappa shape index (κ1) is 10.4. The van der Waals surface area contributed by atoms with Crippen LogP contribution in [0, 0.1) is 5.92 Å². The number of nitrogens with two attached hydrogens (primary N) is 1. The van der Waals surface area contributed by atoms with Gasteiger partial charge in [-0.25, -0.2) is 0 Å². The first-order valence-electron chi connectivity index (χ1n) is 5.49. The smallest absolute Gasteiger partial charge is 0.242 e. The Morgan fingerprint density at radius 1 is 1.53 bits per heavy atom. The summed E-state index contributed by atoms with van der Waals surface area (Å²) in [5, 5.41) is 5.42. The van der Waals surface area contributed by atoms with Crippen molar-refractivity contribution < 1.29 is 9.59 Å². The average Bonchev–Trinajstić information content (AvgIpc) is 2.97. The summed E-state index contributed by atoms with van der Waals surface area (Å²) < 4.78 is 0. The number of nitrogens with one attached hydrogen (secondary N) is 2. The lowest BCUT2D eigenvalue weighted by atomic mass is 10.2. The molecular weight excluding hydrogens is 194 g/mol. The van der Waals surface area contributed by atoms with Crippen molar-refractivity contribution in [3.63, 3.8) is 0 Å². The monoisotopic (exact) mass is 211 g/mol. The van der Waals surface area contributed by atoms with Crippen LogP contribution in [0.1, 0.15) is 25.7 Å². The molecule has 2 unspecified atom stereocenters. The quantitative estimate of drug-likeness (QED) is 0.564. The Morgan fingerprint density at radius 2 is 2.27 bits per heavy atom. The SMILES string of the molecule is NC(CNC(=O)C1CCC(=O)N1)C1CC1. The third kappa shape index (κ3) is 2.68. The molecule has 2 aliphatic rings. The van der Waals surface area contributed by atoms with Crippen LogP contribution in [0.15, 0.2) is 0 Å². The first-order valence-corrected chi connectivity index (χ1v) is 5.49. The number of amides is 2. The summed E-state index contributed by atoms with van der Waals surface area (Å²) in [5.41, 5.74) is 5.85. The van der Waals surface area contributed by atoms with Gasteiger partial charge in [0.25, 0.3) is 0 Å². The molecule has 2 atom stereocenters. The predicted octanol–water partition coefficient (Wildman–Crippen LogP) is -0.881. The number of carbonyl (C=O) groups is 2. The van der Waals surface area contributed by atoms with E-state index in [2.05, 4.69) is 10.6 Å². The van der Waals surface area contributed by atoms with E-state index in [1.165, 1.54) is 12.8 Å². The summed E-state index contributed by atoms with van der Waals surface area (Å²) >= 11 is 0. The Labute approximate surface area is 88.8 Å². The van der Waals surface area contributed by atoms with Crippen molar-refractivity contribution in [2.75, 3.05) is 6.54 Å². The molecular formula is C10H17N3O2. The summed E-state index contributed by atoms with van der Waals surface area (Å²) in [4.78, 5) is 22.5. The van der Waals surface area contributed by atoms with E-state index in [-0.39, 0.29) is 23.9 Å². The van der Waals surface area contributed by atoms with Crippen LogP contribution in [0.3, 0.4) is 0 Å². The molecule has 4 N–H and O–H groups in total. The van der Waals surface area contributed by atoms with Gasteiger partial charge in [0.1, 0.15) is 6.04 Å². The van der Waals surface area contributed by atoms with E-state index in [4.69, 9.17) is 5.73 Å². The van der Waals surface area contributed by atoms with Crippen molar-refractivity contribution in [2.45, 2.75) is 37.8 Å². The summed E-state index contributed by atoms with van der Waals surface area (Å²) in [7, 11) is 0.